The van der Waals surface area contributed by atoms with Crippen molar-refractivity contribution in [3.8, 4) is 0 Å². The van der Waals surface area contributed by atoms with Gasteiger partial charge in [0.05, 0.1) is 10.0 Å². The Labute approximate surface area is 141 Å². The monoisotopic (exact) mass is 348 g/mol. The van der Waals surface area contributed by atoms with Gasteiger partial charge in [0.15, 0.2) is 0 Å². The molecule has 0 bridgehead atoms. The number of amides is 1. The zero-order valence-corrected chi connectivity index (χ0v) is 14.0. The minimum Gasteiger partial charge on any atom is -0.341 e. The highest BCUT2D eigenvalue weighted by Crippen LogP contribution is 2.49. The van der Waals surface area contributed by atoms with E-state index < -0.39 is 0 Å². The van der Waals surface area contributed by atoms with Gasteiger partial charge in [-0.3, -0.25) is 4.79 Å². The summed E-state index contributed by atoms with van der Waals surface area (Å²) in [5, 5.41) is 4.46. The molecule has 2 aliphatic rings. The van der Waals surface area contributed by atoms with Crippen molar-refractivity contribution >= 4 is 41.5 Å². The summed E-state index contributed by atoms with van der Waals surface area (Å²) in [5.41, 5.74) is 1.13. The van der Waals surface area contributed by atoms with E-state index >= 15 is 0 Å². The van der Waals surface area contributed by atoms with E-state index in [1.807, 2.05) is 23.1 Å². The third-order valence-electron chi connectivity index (χ3n) is 4.13. The molecule has 1 aliphatic heterocycles. The first-order chi connectivity index (χ1) is 9.66. The van der Waals surface area contributed by atoms with Crippen molar-refractivity contribution in [1.29, 1.82) is 0 Å². The fourth-order valence-electron chi connectivity index (χ4n) is 2.88. The van der Waals surface area contributed by atoms with Gasteiger partial charge in [-0.15, -0.1) is 12.4 Å². The number of nitrogens with zero attached hydrogens (tertiary/aromatic N) is 1. The van der Waals surface area contributed by atoms with Crippen LogP contribution in [0.1, 0.15) is 24.3 Å². The van der Waals surface area contributed by atoms with E-state index in [0.717, 1.165) is 44.6 Å². The quantitative estimate of drug-likeness (QED) is 0.888. The Morgan fingerprint density at radius 2 is 2.00 bits per heavy atom. The molecule has 0 spiro atoms. The van der Waals surface area contributed by atoms with Gasteiger partial charge in [-0.2, -0.15) is 0 Å². The molecular formula is C15H19Cl3N2O. The van der Waals surface area contributed by atoms with Gasteiger partial charge in [0.25, 0.3) is 0 Å². The van der Waals surface area contributed by atoms with Crippen molar-refractivity contribution in [2.75, 3.05) is 26.2 Å². The van der Waals surface area contributed by atoms with Gasteiger partial charge >= 0.3 is 0 Å². The van der Waals surface area contributed by atoms with E-state index in [1.54, 1.807) is 0 Å². The highest BCUT2D eigenvalue weighted by Gasteiger charge is 2.45. The van der Waals surface area contributed by atoms with E-state index in [2.05, 4.69) is 5.32 Å². The largest absolute Gasteiger partial charge is 0.341 e. The highest BCUT2D eigenvalue weighted by atomic mass is 35.5. The SMILES string of the molecule is Cl.O=C(C1CC1c1ccc(Cl)c(Cl)c1)N1CCCNCC1. The molecule has 1 N–H and O–H groups in total. The average molecular weight is 350 g/mol. The summed E-state index contributed by atoms with van der Waals surface area (Å²) in [5.74, 6) is 0.739. The summed E-state index contributed by atoms with van der Waals surface area (Å²) < 4.78 is 0. The topological polar surface area (TPSA) is 32.3 Å². The number of nitrogens with one attached hydrogen (secondary N) is 1. The number of carbonyl (C=O) groups excluding carboxylic acids is 1. The first kappa shape index (κ1) is 16.9. The fourth-order valence-corrected chi connectivity index (χ4v) is 3.19. The average Bonchev–Trinajstić information content (AvgIpc) is 3.24. The standard InChI is InChI=1S/C15H18Cl2N2O.ClH/c16-13-3-2-10(8-14(13)17)11-9-12(11)15(20)19-6-1-4-18-5-7-19;/h2-3,8,11-12,18H,1,4-7,9H2;1H. The second kappa shape index (κ2) is 7.19. The normalized spacial score (nSPS) is 25.0. The number of benzene rings is 1. The number of hydrogen-bond acceptors (Lipinski definition) is 2. The molecule has 6 heteroatoms. The minimum atomic E-state index is 0. The van der Waals surface area contributed by atoms with Gasteiger partial charge in [-0.1, -0.05) is 29.3 Å². The Bertz CT molecular complexity index is 516. The number of rotatable bonds is 2. The maximum Gasteiger partial charge on any atom is 0.226 e. The molecule has 2 atom stereocenters. The van der Waals surface area contributed by atoms with Crippen LogP contribution in [-0.2, 0) is 4.79 Å². The van der Waals surface area contributed by atoms with Crippen molar-refractivity contribution in [3.05, 3.63) is 33.8 Å². The van der Waals surface area contributed by atoms with Gasteiger partial charge in [-0.25, -0.2) is 0 Å². The molecule has 1 heterocycles. The molecule has 0 aromatic heterocycles. The van der Waals surface area contributed by atoms with Gasteiger partial charge < -0.3 is 10.2 Å². The van der Waals surface area contributed by atoms with Crippen LogP contribution >= 0.6 is 35.6 Å². The molecule has 2 unspecified atom stereocenters. The zero-order valence-electron chi connectivity index (χ0n) is 11.6. The van der Waals surface area contributed by atoms with E-state index in [-0.39, 0.29) is 18.3 Å². The zero-order chi connectivity index (χ0) is 14.1. The van der Waals surface area contributed by atoms with Gasteiger partial charge in [0.2, 0.25) is 5.91 Å². The fraction of sp³-hybridized carbons (Fsp3) is 0.533. The number of hydrogen-bond donors (Lipinski definition) is 1. The summed E-state index contributed by atoms with van der Waals surface area (Å²) in [6, 6.07) is 5.69. The predicted molar refractivity (Wildman–Crippen MR) is 88.6 cm³/mol. The number of carbonyl (C=O) groups is 1. The van der Waals surface area contributed by atoms with E-state index in [9.17, 15) is 4.79 Å². The summed E-state index contributed by atoms with van der Waals surface area (Å²) >= 11 is 12.0. The van der Waals surface area contributed by atoms with Crippen molar-refractivity contribution in [3.63, 3.8) is 0 Å². The molecular weight excluding hydrogens is 331 g/mol. The smallest absolute Gasteiger partial charge is 0.226 e. The van der Waals surface area contributed by atoms with E-state index in [0.29, 0.717) is 21.9 Å². The van der Waals surface area contributed by atoms with Crippen molar-refractivity contribution in [2.45, 2.75) is 18.8 Å². The third-order valence-corrected chi connectivity index (χ3v) is 4.87. The van der Waals surface area contributed by atoms with Crippen LogP contribution in [0.4, 0.5) is 0 Å². The lowest BCUT2D eigenvalue weighted by Crippen LogP contribution is -2.35. The van der Waals surface area contributed by atoms with Crippen LogP contribution in [-0.4, -0.2) is 37.0 Å². The predicted octanol–water partition coefficient (Wildman–Crippen LogP) is 3.34. The Balaban J connectivity index is 0.00000161. The maximum absolute atomic E-state index is 12.5. The molecule has 1 aromatic carbocycles. The van der Waals surface area contributed by atoms with Gasteiger partial charge in [-0.05, 0) is 43.0 Å². The first-order valence-corrected chi connectivity index (χ1v) is 7.87. The van der Waals surface area contributed by atoms with Crippen LogP contribution in [0.3, 0.4) is 0 Å². The Morgan fingerprint density at radius 3 is 2.76 bits per heavy atom. The van der Waals surface area contributed by atoms with Crippen LogP contribution in [0, 0.1) is 5.92 Å². The first-order valence-electron chi connectivity index (χ1n) is 7.11. The lowest BCUT2D eigenvalue weighted by atomic mass is 10.1. The molecule has 1 amide bonds. The summed E-state index contributed by atoms with van der Waals surface area (Å²) in [4.78, 5) is 14.5. The molecule has 116 valence electrons. The van der Waals surface area contributed by atoms with Crippen LogP contribution in [0.2, 0.25) is 10.0 Å². The van der Waals surface area contributed by atoms with Crippen LogP contribution in [0.25, 0.3) is 0 Å². The molecule has 1 saturated carbocycles. The second-order valence-electron chi connectivity index (χ2n) is 5.55. The molecule has 1 aliphatic carbocycles. The van der Waals surface area contributed by atoms with E-state index in [4.69, 9.17) is 23.2 Å². The second-order valence-corrected chi connectivity index (χ2v) is 6.37. The van der Waals surface area contributed by atoms with Gasteiger partial charge in [0, 0.05) is 25.6 Å². The Morgan fingerprint density at radius 1 is 1.19 bits per heavy atom. The molecule has 3 nitrogen and oxygen atoms in total. The minimum absolute atomic E-state index is 0. The lowest BCUT2D eigenvalue weighted by molar-refractivity contribution is -0.132. The molecule has 2 fully saturated rings. The van der Waals surface area contributed by atoms with Crippen molar-refractivity contribution in [2.24, 2.45) is 5.92 Å². The molecule has 3 rings (SSSR count). The summed E-state index contributed by atoms with van der Waals surface area (Å²) in [6.45, 7) is 3.60. The van der Waals surface area contributed by atoms with Crippen LogP contribution in [0.15, 0.2) is 18.2 Å². The Kier molecular flexibility index (Phi) is 5.78. The van der Waals surface area contributed by atoms with E-state index in [1.165, 1.54) is 0 Å². The molecule has 0 radical (unpaired) electrons. The molecule has 1 aromatic rings. The van der Waals surface area contributed by atoms with Crippen LogP contribution < -0.4 is 5.32 Å². The molecule has 1 saturated heterocycles. The van der Waals surface area contributed by atoms with Gasteiger partial charge in [0.1, 0.15) is 0 Å². The number of halogens is 3. The van der Waals surface area contributed by atoms with Crippen molar-refractivity contribution in [1.82, 2.24) is 10.2 Å². The maximum atomic E-state index is 12.5. The summed E-state index contributed by atoms with van der Waals surface area (Å²) in [6.07, 6.45) is 1.97. The lowest BCUT2D eigenvalue weighted by Gasteiger charge is -2.20. The van der Waals surface area contributed by atoms with Crippen molar-refractivity contribution < 1.29 is 4.79 Å². The molecule has 21 heavy (non-hydrogen) atoms. The summed E-state index contributed by atoms with van der Waals surface area (Å²) in [7, 11) is 0. The highest BCUT2D eigenvalue weighted by molar-refractivity contribution is 6.42. The van der Waals surface area contributed by atoms with Crippen LogP contribution in [0.5, 0.6) is 0 Å². The Hall–Kier alpha value is -0.480. The third kappa shape index (κ3) is 3.84.